The molecule has 1 amide bonds. The van der Waals surface area contributed by atoms with Crippen LogP contribution in [0.3, 0.4) is 0 Å². The first-order valence-corrected chi connectivity index (χ1v) is 10.9. The normalized spacial score (nSPS) is 12.3. The minimum absolute atomic E-state index is 0.0327. The van der Waals surface area contributed by atoms with Gasteiger partial charge in [0, 0.05) is 18.3 Å². The number of H-pyrrole nitrogens is 1. The van der Waals surface area contributed by atoms with Crippen molar-refractivity contribution in [1.82, 2.24) is 24.8 Å². The maximum Gasteiger partial charge on any atom is 0.327 e. The van der Waals surface area contributed by atoms with Gasteiger partial charge in [0.2, 0.25) is 5.95 Å². The standard InChI is InChI=1S/C18H19N7O7S/c1-25(12(17(28)29)8-33(30,31)32)16(27)9-2-4-10(5-3-9)20-6-11-7-21-14-13(22-11)15(26)24-18(19)23-14/h2-5,7,12,20H,6,8H2,1H3,(H,28,29)(H,30,31,32)(H3,19,21,23,24,26)/t12-/m0/s1. The molecule has 0 spiro atoms. The van der Waals surface area contributed by atoms with Crippen LogP contribution in [0.15, 0.2) is 35.3 Å². The van der Waals surface area contributed by atoms with E-state index in [4.69, 9.17) is 10.3 Å². The molecule has 3 aromatic rings. The van der Waals surface area contributed by atoms with Gasteiger partial charge in [0.1, 0.15) is 11.8 Å². The summed E-state index contributed by atoms with van der Waals surface area (Å²) in [7, 11) is -3.49. The second kappa shape index (κ2) is 9.17. The van der Waals surface area contributed by atoms with Gasteiger partial charge < -0.3 is 21.1 Å². The zero-order valence-electron chi connectivity index (χ0n) is 17.1. The molecular formula is C18H19N7O7S. The smallest absolute Gasteiger partial charge is 0.327 e. The fourth-order valence-corrected chi connectivity index (χ4v) is 3.64. The van der Waals surface area contributed by atoms with Gasteiger partial charge in [0.25, 0.3) is 21.6 Å². The van der Waals surface area contributed by atoms with Gasteiger partial charge in [0.05, 0.1) is 18.4 Å². The molecule has 15 heteroatoms. The van der Waals surface area contributed by atoms with Crippen LogP contribution in [0.1, 0.15) is 16.1 Å². The van der Waals surface area contributed by atoms with Crippen LogP contribution in [0.2, 0.25) is 0 Å². The SMILES string of the molecule is CN(C(=O)c1ccc(NCc2cnc3nc(N)[nH]c(=O)c3n2)cc1)[C@@H](CS(=O)(=O)O)C(=O)O. The molecule has 2 heterocycles. The van der Waals surface area contributed by atoms with E-state index in [-0.39, 0.29) is 29.2 Å². The van der Waals surface area contributed by atoms with Gasteiger partial charge in [-0.1, -0.05) is 0 Å². The lowest BCUT2D eigenvalue weighted by atomic mass is 10.1. The highest BCUT2D eigenvalue weighted by Crippen LogP contribution is 2.14. The molecule has 2 aromatic heterocycles. The largest absolute Gasteiger partial charge is 0.480 e. The lowest BCUT2D eigenvalue weighted by Gasteiger charge is -2.24. The summed E-state index contributed by atoms with van der Waals surface area (Å²) in [5.74, 6) is -3.53. The van der Waals surface area contributed by atoms with E-state index < -0.39 is 39.3 Å². The monoisotopic (exact) mass is 477 g/mol. The number of nitrogen functional groups attached to an aromatic ring is 1. The molecule has 14 nitrogen and oxygen atoms in total. The Morgan fingerprint density at radius 2 is 1.91 bits per heavy atom. The van der Waals surface area contributed by atoms with E-state index in [1.807, 2.05) is 0 Å². The Morgan fingerprint density at radius 3 is 2.52 bits per heavy atom. The molecule has 33 heavy (non-hydrogen) atoms. The molecule has 6 N–H and O–H groups in total. The van der Waals surface area contributed by atoms with E-state index in [9.17, 15) is 27.9 Å². The highest BCUT2D eigenvalue weighted by atomic mass is 32.2. The van der Waals surface area contributed by atoms with Crippen LogP contribution >= 0.6 is 0 Å². The molecule has 0 saturated heterocycles. The topological polar surface area (TPSA) is 222 Å². The number of carboxylic acids is 1. The second-order valence-electron chi connectivity index (χ2n) is 6.93. The minimum Gasteiger partial charge on any atom is -0.480 e. The predicted molar refractivity (Wildman–Crippen MR) is 116 cm³/mol. The maximum absolute atomic E-state index is 12.5. The second-order valence-corrected chi connectivity index (χ2v) is 8.43. The zero-order valence-corrected chi connectivity index (χ0v) is 17.9. The molecule has 1 atom stereocenters. The molecule has 1 aromatic carbocycles. The fraction of sp³-hybridized carbons (Fsp3) is 0.222. The summed E-state index contributed by atoms with van der Waals surface area (Å²) >= 11 is 0. The Kier molecular flexibility index (Phi) is 6.55. The Morgan fingerprint density at radius 1 is 1.24 bits per heavy atom. The summed E-state index contributed by atoms with van der Waals surface area (Å²) in [6, 6.07) is 4.16. The van der Waals surface area contributed by atoms with E-state index in [1.54, 1.807) is 12.1 Å². The van der Waals surface area contributed by atoms with Gasteiger partial charge in [0.15, 0.2) is 11.2 Å². The third-order valence-electron chi connectivity index (χ3n) is 4.53. The summed E-state index contributed by atoms with van der Waals surface area (Å²) in [5, 5.41) is 12.2. The number of carbonyl (C=O) groups excluding carboxylic acids is 1. The summed E-state index contributed by atoms with van der Waals surface area (Å²) in [6.07, 6.45) is 1.43. The summed E-state index contributed by atoms with van der Waals surface area (Å²) in [6.45, 7) is 0.190. The lowest BCUT2D eigenvalue weighted by Crippen LogP contribution is -2.46. The van der Waals surface area contributed by atoms with Crippen molar-refractivity contribution in [2.24, 2.45) is 0 Å². The Hall–Kier alpha value is -4.11. The number of aromatic nitrogens is 4. The number of likely N-dealkylation sites (N-methyl/N-ethyl adjacent to an activating group) is 1. The Labute approximate surface area is 186 Å². The number of benzene rings is 1. The lowest BCUT2D eigenvalue weighted by molar-refractivity contribution is -0.141. The van der Waals surface area contributed by atoms with Gasteiger partial charge >= 0.3 is 5.97 Å². The highest BCUT2D eigenvalue weighted by Gasteiger charge is 2.31. The number of nitrogens with one attached hydrogen (secondary N) is 2. The van der Waals surface area contributed by atoms with E-state index >= 15 is 0 Å². The molecule has 3 rings (SSSR count). The highest BCUT2D eigenvalue weighted by molar-refractivity contribution is 7.85. The number of anilines is 2. The van der Waals surface area contributed by atoms with E-state index in [2.05, 4.69) is 25.3 Å². The number of hydrogen-bond donors (Lipinski definition) is 5. The average molecular weight is 477 g/mol. The van der Waals surface area contributed by atoms with Gasteiger partial charge in [-0.25, -0.2) is 14.8 Å². The van der Waals surface area contributed by atoms with Gasteiger partial charge in [-0.3, -0.25) is 19.1 Å². The number of carbonyl (C=O) groups is 2. The summed E-state index contributed by atoms with van der Waals surface area (Å²) < 4.78 is 31.1. The number of aliphatic carboxylic acids is 1. The molecule has 0 radical (unpaired) electrons. The van der Waals surface area contributed by atoms with Crippen molar-refractivity contribution < 1.29 is 27.7 Å². The van der Waals surface area contributed by atoms with Crippen LogP contribution in [0, 0.1) is 0 Å². The first-order valence-electron chi connectivity index (χ1n) is 9.25. The van der Waals surface area contributed by atoms with Crippen molar-refractivity contribution >= 4 is 44.8 Å². The first-order chi connectivity index (χ1) is 15.4. The van der Waals surface area contributed by atoms with Crippen LogP contribution in [0.25, 0.3) is 11.2 Å². The molecule has 174 valence electrons. The molecule has 0 aliphatic rings. The van der Waals surface area contributed by atoms with Crippen molar-refractivity contribution in [3.05, 3.63) is 52.1 Å². The molecule has 0 unspecified atom stereocenters. The molecular weight excluding hydrogens is 458 g/mol. The fourth-order valence-electron chi connectivity index (χ4n) is 2.87. The molecule has 0 fully saturated rings. The van der Waals surface area contributed by atoms with Gasteiger partial charge in [-0.2, -0.15) is 13.4 Å². The number of carboxylic acid groups (broad SMARTS) is 1. The molecule has 0 aliphatic carbocycles. The van der Waals surface area contributed by atoms with Crippen LogP contribution in [0.5, 0.6) is 0 Å². The average Bonchev–Trinajstić information content (AvgIpc) is 2.75. The third-order valence-corrected chi connectivity index (χ3v) is 5.27. The Bertz CT molecular complexity index is 1370. The van der Waals surface area contributed by atoms with Gasteiger partial charge in [-0.15, -0.1) is 0 Å². The number of amides is 1. The number of nitrogens with zero attached hydrogens (tertiary/aromatic N) is 4. The predicted octanol–water partition coefficient (Wildman–Crippen LogP) is -0.680. The van der Waals surface area contributed by atoms with Crippen LogP contribution in [0.4, 0.5) is 11.6 Å². The number of hydrogen-bond acceptors (Lipinski definition) is 10. The summed E-state index contributed by atoms with van der Waals surface area (Å²) in [4.78, 5) is 51.0. The number of rotatable bonds is 8. The van der Waals surface area contributed by atoms with Crippen molar-refractivity contribution in [3.8, 4) is 0 Å². The van der Waals surface area contributed by atoms with Crippen molar-refractivity contribution in [1.29, 1.82) is 0 Å². The number of aromatic amines is 1. The number of nitrogens with two attached hydrogens (primary N) is 1. The zero-order chi connectivity index (χ0) is 24.3. The van der Waals surface area contributed by atoms with Crippen molar-refractivity contribution in [2.45, 2.75) is 12.6 Å². The van der Waals surface area contributed by atoms with E-state index in [0.717, 1.165) is 11.9 Å². The van der Waals surface area contributed by atoms with Crippen LogP contribution < -0.4 is 16.6 Å². The van der Waals surface area contributed by atoms with Crippen LogP contribution in [-0.2, 0) is 21.5 Å². The number of fused-ring (bicyclic) bond motifs is 1. The molecule has 0 aliphatic heterocycles. The first kappa shape index (κ1) is 23.6. The van der Waals surface area contributed by atoms with E-state index in [0.29, 0.717) is 11.4 Å². The quantitative estimate of drug-likeness (QED) is 0.255. The van der Waals surface area contributed by atoms with Gasteiger partial charge in [-0.05, 0) is 24.3 Å². The Balaban J connectivity index is 1.70. The molecule has 0 saturated carbocycles. The van der Waals surface area contributed by atoms with E-state index in [1.165, 1.54) is 18.3 Å². The minimum atomic E-state index is -4.62. The molecule has 0 bridgehead atoms. The third kappa shape index (κ3) is 5.78. The van der Waals surface area contributed by atoms with Crippen molar-refractivity contribution in [2.75, 3.05) is 23.9 Å². The van der Waals surface area contributed by atoms with Crippen molar-refractivity contribution in [3.63, 3.8) is 0 Å². The van der Waals surface area contributed by atoms with Crippen LogP contribution in [-0.4, -0.2) is 73.6 Å². The maximum atomic E-state index is 12.5. The summed E-state index contributed by atoms with van der Waals surface area (Å²) in [5.41, 5.74) is 6.21.